The third-order valence-corrected chi connectivity index (χ3v) is 3.30. The third-order valence-electron chi connectivity index (χ3n) is 3.30. The van der Waals surface area contributed by atoms with Crippen LogP contribution in [0.5, 0.6) is 0 Å². The highest BCUT2D eigenvalue weighted by molar-refractivity contribution is 6.14. The molecule has 0 aliphatic rings. The molecule has 25 heavy (non-hydrogen) atoms. The zero-order chi connectivity index (χ0) is 18.8. The fraction of sp³-hybridized carbons (Fsp3) is 0.250. The van der Waals surface area contributed by atoms with E-state index in [9.17, 15) is 4.79 Å². The van der Waals surface area contributed by atoms with Gasteiger partial charge in [-0.05, 0) is 6.92 Å². The molecule has 1 aromatic rings. The van der Waals surface area contributed by atoms with E-state index in [2.05, 4.69) is 23.4 Å². The normalized spacial score (nSPS) is 12.8. The Hall–Kier alpha value is -2.95. The van der Waals surface area contributed by atoms with E-state index in [1.54, 1.807) is 45.0 Å². The van der Waals surface area contributed by atoms with Crippen molar-refractivity contribution in [3.8, 4) is 0 Å². The second-order valence-corrected chi connectivity index (χ2v) is 5.60. The number of carbonyl (C=O) groups is 1. The zero-order valence-corrected chi connectivity index (χ0v) is 15.3. The molecule has 0 spiro atoms. The molecular weight excluding hydrogens is 314 g/mol. The van der Waals surface area contributed by atoms with E-state index in [-0.39, 0.29) is 5.92 Å². The Labute approximate surface area is 149 Å². The fourth-order valence-corrected chi connectivity index (χ4v) is 1.75. The summed E-state index contributed by atoms with van der Waals surface area (Å²) >= 11 is 0. The molecule has 132 valence electrons. The number of hydrazone groups is 1. The summed E-state index contributed by atoms with van der Waals surface area (Å²) < 4.78 is 0. The minimum atomic E-state index is -0.390. The summed E-state index contributed by atoms with van der Waals surface area (Å²) in [6.45, 7) is 12.8. The van der Waals surface area contributed by atoms with Gasteiger partial charge in [-0.1, -0.05) is 80.7 Å². The van der Waals surface area contributed by atoms with Crippen LogP contribution in [0.2, 0.25) is 0 Å². The number of nitrogens with zero attached hydrogens (tertiary/aromatic N) is 3. The number of rotatable bonds is 7. The van der Waals surface area contributed by atoms with Crippen LogP contribution in [0, 0.1) is 5.92 Å². The molecule has 0 radical (unpaired) electrons. The first-order valence-electron chi connectivity index (χ1n) is 7.99. The Bertz CT molecular complexity index is 701. The minimum absolute atomic E-state index is 0.242. The number of amidine groups is 1. The highest BCUT2D eigenvalue weighted by Crippen LogP contribution is 2.12. The van der Waals surface area contributed by atoms with Crippen LogP contribution in [-0.4, -0.2) is 29.6 Å². The maximum absolute atomic E-state index is 11.5. The maximum atomic E-state index is 11.5. The highest BCUT2D eigenvalue weighted by atomic mass is 16.7. The molecule has 0 bridgehead atoms. The Morgan fingerprint density at radius 3 is 2.40 bits per heavy atom. The van der Waals surface area contributed by atoms with Gasteiger partial charge < -0.3 is 4.84 Å². The van der Waals surface area contributed by atoms with Crippen molar-refractivity contribution in [1.29, 1.82) is 0 Å². The Morgan fingerprint density at radius 1 is 1.24 bits per heavy atom. The maximum Gasteiger partial charge on any atom is 0.337 e. The van der Waals surface area contributed by atoms with Gasteiger partial charge in [0.2, 0.25) is 0 Å². The first-order chi connectivity index (χ1) is 11.9. The van der Waals surface area contributed by atoms with Gasteiger partial charge in [-0.3, -0.25) is 5.01 Å². The Morgan fingerprint density at radius 2 is 1.88 bits per heavy atom. The lowest BCUT2D eigenvalue weighted by Gasteiger charge is -2.16. The fourth-order valence-electron chi connectivity index (χ4n) is 1.75. The second-order valence-electron chi connectivity index (χ2n) is 5.60. The van der Waals surface area contributed by atoms with E-state index >= 15 is 0 Å². The average Bonchev–Trinajstić information content (AvgIpc) is 2.62. The summed E-state index contributed by atoms with van der Waals surface area (Å²) in [6, 6.07) is 9.72. The molecule has 0 aliphatic heterocycles. The number of hydrogen-bond donors (Lipinski definition) is 0. The summed E-state index contributed by atoms with van der Waals surface area (Å²) in [4.78, 5) is 16.4. The molecule has 0 atom stereocenters. The summed E-state index contributed by atoms with van der Waals surface area (Å²) in [5, 5.41) is 10.00. The van der Waals surface area contributed by atoms with Gasteiger partial charge in [0.05, 0.1) is 11.6 Å². The van der Waals surface area contributed by atoms with Gasteiger partial charge in [0, 0.05) is 18.2 Å². The molecule has 0 unspecified atom stereocenters. The summed E-state index contributed by atoms with van der Waals surface area (Å²) in [7, 11) is 1.74. The molecule has 0 saturated heterocycles. The smallest absolute Gasteiger partial charge is 0.316 e. The van der Waals surface area contributed by atoms with Crippen LogP contribution in [0.1, 0.15) is 26.3 Å². The number of oxime groups is 1. The standard InChI is InChI=1S/C20H25N3O2/c1-7-12-17(8-2)19(18-13-10-9-11-14-18)21-23(6)16(5)22-25-20(24)15(3)4/h7-15H,1-2H2,3-6H3/b17-12+,21-19-,22-16+. The molecule has 0 N–H and O–H groups in total. The molecule has 0 saturated carbocycles. The second kappa shape index (κ2) is 10.0. The lowest BCUT2D eigenvalue weighted by molar-refractivity contribution is -0.147. The minimum Gasteiger partial charge on any atom is -0.316 e. The van der Waals surface area contributed by atoms with E-state index in [1.807, 2.05) is 36.4 Å². The predicted molar refractivity (Wildman–Crippen MR) is 103 cm³/mol. The van der Waals surface area contributed by atoms with Crippen LogP contribution in [0.15, 0.2) is 77.5 Å². The topological polar surface area (TPSA) is 54.3 Å². The van der Waals surface area contributed by atoms with Crippen LogP contribution >= 0.6 is 0 Å². The molecule has 0 heterocycles. The lowest BCUT2D eigenvalue weighted by Crippen LogP contribution is -2.22. The summed E-state index contributed by atoms with van der Waals surface area (Å²) in [5.74, 6) is -0.184. The van der Waals surface area contributed by atoms with Crippen molar-refractivity contribution in [2.24, 2.45) is 16.2 Å². The SMILES string of the molecule is C=C/C=C(C=C)/C(=N/N(C)/C(C)=N/OC(=O)C(C)C)c1ccccc1. The number of carbonyl (C=O) groups excluding carboxylic acids is 1. The van der Waals surface area contributed by atoms with E-state index in [0.29, 0.717) is 11.5 Å². The van der Waals surface area contributed by atoms with Gasteiger partial charge >= 0.3 is 5.97 Å². The molecule has 0 aromatic heterocycles. The Kier molecular flexibility index (Phi) is 8.06. The largest absolute Gasteiger partial charge is 0.337 e. The molecule has 0 aliphatic carbocycles. The zero-order valence-electron chi connectivity index (χ0n) is 15.3. The third kappa shape index (κ3) is 6.22. The van der Waals surface area contributed by atoms with Gasteiger partial charge in [-0.25, -0.2) is 4.79 Å². The molecular formula is C20H25N3O2. The van der Waals surface area contributed by atoms with Crippen molar-refractivity contribution < 1.29 is 9.63 Å². The van der Waals surface area contributed by atoms with Crippen molar-refractivity contribution in [3.05, 3.63) is 72.9 Å². The monoisotopic (exact) mass is 339 g/mol. The van der Waals surface area contributed by atoms with Crippen LogP contribution in [0.3, 0.4) is 0 Å². The first-order valence-corrected chi connectivity index (χ1v) is 7.99. The average molecular weight is 339 g/mol. The van der Waals surface area contributed by atoms with E-state index in [0.717, 1.165) is 11.1 Å². The van der Waals surface area contributed by atoms with Crippen LogP contribution in [0.25, 0.3) is 0 Å². The highest BCUT2D eigenvalue weighted by Gasteiger charge is 2.12. The van der Waals surface area contributed by atoms with Gasteiger partial charge in [0.15, 0.2) is 5.84 Å². The van der Waals surface area contributed by atoms with Crippen LogP contribution < -0.4 is 0 Å². The van der Waals surface area contributed by atoms with Crippen molar-refractivity contribution in [3.63, 3.8) is 0 Å². The van der Waals surface area contributed by atoms with E-state index in [4.69, 9.17) is 4.84 Å². The van der Waals surface area contributed by atoms with Gasteiger partial charge in [-0.15, -0.1) is 0 Å². The first kappa shape index (κ1) is 20.1. The molecule has 5 nitrogen and oxygen atoms in total. The quantitative estimate of drug-likeness (QED) is 0.246. The molecule has 5 heteroatoms. The number of hydrogen-bond acceptors (Lipinski definition) is 4. The van der Waals surface area contributed by atoms with Crippen LogP contribution in [0.4, 0.5) is 0 Å². The van der Waals surface area contributed by atoms with E-state index in [1.165, 1.54) is 0 Å². The Balaban J connectivity index is 3.19. The van der Waals surface area contributed by atoms with Gasteiger partial charge in [0.1, 0.15) is 0 Å². The van der Waals surface area contributed by atoms with Crippen molar-refractivity contribution in [1.82, 2.24) is 5.01 Å². The molecule has 0 amide bonds. The van der Waals surface area contributed by atoms with Crippen molar-refractivity contribution >= 4 is 17.5 Å². The molecule has 1 rings (SSSR count). The van der Waals surface area contributed by atoms with Gasteiger partial charge in [0.25, 0.3) is 0 Å². The van der Waals surface area contributed by atoms with Crippen molar-refractivity contribution in [2.75, 3.05) is 7.05 Å². The molecule has 1 aromatic carbocycles. The number of allylic oxidation sites excluding steroid dienone is 4. The van der Waals surface area contributed by atoms with Crippen molar-refractivity contribution in [2.45, 2.75) is 20.8 Å². The van der Waals surface area contributed by atoms with E-state index < -0.39 is 5.97 Å². The van der Waals surface area contributed by atoms with Crippen LogP contribution in [-0.2, 0) is 9.63 Å². The summed E-state index contributed by atoms with van der Waals surface area (Å²) in [5.41, 5.74) is 2.46. The lowest BCUT2D eigenvalue weighted by atomic mass is 10.0. The number of benzene rings is 1. The predicted octanol–water partition coefficient (Wildman–Crippen LogP) is 4.15. The summed E-state index contributed by atoms with van der Waals surface area (Å²) in [6.07, 6.45) is 5.23. The molecule has 0 fully saturated rings. The van der Waals surface area contributed by atoms with Gasteiger partial charge in [-0.2, -0.15) is 5.10 Å².